The van der Waals surface area contributed by atoms with Crippen molar-refractivity contribution in [3.05, 3.63) is 35.9 Å². The van der Waals surface area contributed by atoms with E-state index in [9.17, 15) is 4.79 Å². The third-order valence-electron chi connectivity index (χ3n) is 9.66. The number of hydrogen-bond donors (Lipinski definition) is 2. The third kappa shape index (κ3) is 3.11. The first-order valence-corrected chi connectivity index (χ1v) is 12.6. The van der Waals surface area contributed by atoms with Crippen LogP contribution in [0.15, 0.2) is 30.3 Å². The first-order valence-electron chi connectivity index (χ1n) is 12.6. The van der Waals surface area contributed by atoms with Gasteiger partial charge in [-0.2, -0.15) is 0 Å². The molecule has 0 unspecified atom stereocenters. The van der Waals surface area contributed by atoms with E-state index in [0.29, 0.717) is 5.92 Å². The zero-order valence-corrected chi connectivity index (χ0v) is 19.1. The van der Waals surface area contributed by atoms with Gasteiger partial charge in [0.1, 0.15) is 50.3 Å². The van der Waals surface area contributed by atoms with Crippen LogP contribution in [0, 0.1) is 23.2 Å². The molecule has 5 fully saturated rings. The number of carbonyl (C=O) groups excluding carboxylic acids is 1. The van der Waals surface area contributed by atoms with Crippen LogP contribution >= 0.6 is 0 Å². The normalized spacial score (nSPS) is 48.3. The van der Waals surface area contributed by atoms with Crippen molar-refractivity contribution in [3.63, 3.8) is 0 Å². The second-order valence-electron chi connectivity index (χ2n) is 11.4. The number of ether oxygens (including phenoxy) is 2. The van der Waals surface area contributed by atoms with Crippen molar-refractivity contribution in [3.8, 4) is 0 Å². The van der Waals surface area contributed by atoms with Crippen molar-refractivity contribution in [1.29, 1.82) is 0 Å². The molecule has 2 aliphatic carbocycles. The van der Waals surface area contributed by atoms with E-state index >= 15 is 0 Å². The molecule has 6 rings (SSSR count). The molecular weight excluding hydrogens is 388 g/mol. The molecule has 0 amide bonds. The SMILES string of the molecule is C[C@@H]1CCC[C@]2(C)C[C@H]3OC(=O)[C@@H](C[NH+]4CC[NH+](Cc5ccccc5)CC4)[C@H]3[C@@H]3O[C@@]132. The fourth-order valence-electron chi connectivity index (χ4n) is 8.00. The summed E-state index contributed by atoms with van der Waals surface area (Å²) in [6.07, 6.45) is 5.09. The monoisotopic (exact) mass is 426 g/mol. The average molecular weight is 427 g/mol. The summed E-state index contributed by atoms with van der Waals surface area (Å²) in [5, 5.41) is 0. The molecule has 3 saturated heterocycles. The molecule has 5 aliphatic rings. The Morgan fingerprint density at radius 3 is 2.61 bits per heavy atom. The highest BCUT2D eigenvalue weighted by Crippen LogP contribution is 2.70. The fraction of sp³-hybridized carbons (Fsp3) is 0.731. The van der Waals surface area contributed by atoms with E-state index in [4.69, 9.17) is 9.47 Å². The van der Waals surface area contributed by atoms with Gasteiger partial charge in [0, 0.05) is 16.9 Å². The number of benzene rings is 1. The summed E-state index contributed by atoms with van der Waals surface area (Å²) in [5.74, 6) is 0.968. The smallest absolute Gasteiger partial charge is 0.315 e. The summed E-state index contributed by atoms with van der Waals surface area (Å²) in [5.41, 5.74) is 1.63. The van der Waals surface area contributed by atoms with E-state index in [-0.39, 0.29) is 41.0 Å². The number of hydrogen-bond acceptors (Lipinski definition) is 3. The highest BCUT2D eigenvalue weighted by molar-refractivity contribution is 5.76. The van der Waals surface area contributed by atoms with E-state index in [1.165, 1.54) is 37.9 Å². The van der Waals surface area contributed by atoms with Crippen molar-refractivity contribution in [2.24, 2.45) is 23.2 Å². The Bertz CT molecular complexity index is 838. The Hall–Kier alpha value is -1.43. The van der Waals surface area contributed by atoms with Crippen molar-refractivity contribution in [1.82, 2.24) is 0 Å². The van der Waals surface area contributed by atoms with Gasteiger partial charge in [-0.1, -0.05) is 50.6 Å². The molecule has 3 aliphatic heterocycles. The summed E-state index contributed by atoms with van der Waals surface area (Å²) in [4.78, 5) is 16.2. The summed E-state index contributed by atoms with van der Waals surface area (Å²) in [6, 6.07) is 10.8. The van der Waals surface area contributed by atoms with E-state index in [1.54, 1.807) is 9.80 Å². The van der Waals surface area contributed by atoms with Gasteiger partial charge in [-0.15, -0.1) is 0 Å². The molecule has 5 nitrogen and oxygen atoms in total. The van der Waals surface area contributed by atoms with E-state index in [1.807, 2.05) is 0 Å². The van der Waals surface area contributed by atoms with Gasteiger partial charge in [-0.25, -0.2) is 0 Å². The van der Waals surface area contributed by atoms with Crippen LogP contribution in [0.4, 0.5) is 0 Å². The molecule has 1 spiro atoms. The highest BCUT2D eigenvalue weighted by atomic mass is 16.6. The minimum absolute atomic E-state index is 0.0203. The van der Waals surface area contributed by atoms with Gasteiger partial charge in [0.2, 0.25) is 0 Å². The maximum absolute atomic E-state index is 13.0. The van der Waals surface area contributed by atoms with Gasteiger partial charge >= 0.3 is 5.97 Å². The van der Waals surface area contributed by atoms with Gasteiger partial charge in [0.15, 0.2) is 0 Å². The van der Waals surface area contributed by atoms with Gasteiger partial charge in [0.25, 0.3) is 0 Å². The maximum Gasteiger partial charge on any atom is 0.315 e. The Morgan fingerprint density at radius 2 is 1.84 bits per heavy atom. The highest BCUT2D eigenvalue weighted by Gasteiger charge is 2.78. The molecule has 3 heterocycles. The molecule has 2 N–H and O–H groups in total. The number of esters is 1. The first-order chi connectivity index (χ1) is 15.0. The number of piperazine rings is 1. The summed E-state index contributed by atoms with van der Waals surface area (Å²) >= 11 is 0. The molecule has 7 atom stereocenters. The second-order valence-corrected chi connectivity index (χ2v) is 11.4. The van der Waals surface area contributed by atoms with Crippen molar-refractivity contribution in [2.45, 2.75) is 63.9 Å². The summed E-state index contributed by atoms with van der Waals surface area (Å²) in [6.45, 7) is 11.5. The standard InChI is InChI=1S/C26H36N2O3/c1-18-7-6-10-25(2)15-21-22(23-26(18,25)31-23)20(24(29)30-21)17-28-13-11-27(12-14-28)16-19-8-4-3-5-9-19/h3-5,8-9,18,20-23H,6-7,10-17H2,1-2H3/p+2/t18-,20+,21-,22-,23+,25-,26+/m1/s1. The quantitative estimate of drug-likeness (QED) is 0.544. The van der Waals surface area contributed by atoms with Crippen LogP contribution in [-0.2, 0) is 20.8 Å². The number of fused-ring (bicyclic) bond motifs is 2. The number of epoxide rings is 1. The lowest BCUT2D eigenvalue weighted by Crippen LogP contribution is -3.27. The molecule has 31 heavy (non-hydrogen) atoms. The largest absolute Gasteiger partial charge is 0.462 e. The Labute approximate surface area is 186 Å². The number of nitrogens with one attached hydrogen (secondary N) is 2. The van der Waals surface area contributed by atoms with E-state index in [2.05, 4.69) is 44.2 Å². The van der Waals surface area contributed by atoms with Gasteiger partial charge in [-0.05, 0) is 25.2 Å². The first kappa shape index (κ1) is 20.2. The summed E-state index contributed by atoms with van der Waals surface area (Å²) in [7, 11) is 0. The lowest BCUT2D eigenvalue weighted by molar-refractivity contribution is -1.02. The molecule has 1 aromatic carbocycles. The van der Waals surface area contributed by atoms with E-state index < -0.39 is 0 Å². The Balaban J connectivity index is 1.11. The van der Waals surface area contributed by atoms with Crippen LogP contribution in [0.2, 0.25) is 0 Å². The lowest BCUT2D eigenvalue weighted by atomic mass is 9.53. The van der Waals surface area contributed by atoms with Crippen molar-refractivity contribution < 1.29 is 24.1 Å². The average Bonchev–Trinajstić information content (AvgIpc) is 3.45. The molecule has 2 saturated carbocycles. The Morgan fingerprint density at radius 1 is 1.10 bits per heavy atom. The minimum atomic E-state index is 0.0203. The van der Waals surface area contributed by atoms with Crippen LogP contribution in [0.5, 0.6) is 0 Å². The molecule has 1 aromatic rings. The molecule has 5 heteroatoms. The van der Waals surface area contributed by atoms with Crippen LogP contribution in [0.1, 0.15) is 45.1 Å². The topological polar surface area (TPSA) is 47.7 Å². The summed E-state index contributed by atoms with van der Waals surface area (Å²) < 4.78 is 12.6. The number of carbonyl (C=O) groups is 1. The second kappa shape index (κ2) is 7.29. The number of rotatable bonds is 4. The predicted octanol–water partition coefficient (Wildman–Crippen LogP) is 0.495. The van der Waals surface area contributed by atoms with Gasteiger partial charge in [0.05, 0.1) is 12.6 Å². The molecule has 0 aromatic heterocycles. The minimum Gasteiger partial charge on any atom is -0.462 e. The van der Waals surface area contributed by atoms with Gasteiger partial charge in [-0.3, -0.25) is 4.79 Å². The molecule has 0 radical (unpaired) electrons. The van der Waals surface area contributed by atoms with Crippen LogP contribution < -0.4 is 9.80 Å². The lowest BCUT2D eigenvalue weighted by Gasteiger charge is -2.48. The fourth-order valence-corrected chi connectivity index (χ4v) is 8.00. The van der Waals surface area contributed by atoms with Gasteiger partial charge < -0.3 is 19.3 Å². The number of quaternary nitrogens is 2. The Kier molecular flexibility index (Phi) is 4.75. The van der Waals surface area contributed by atoms with Crippen molar-refractivity contribution in [2.75, 3.05) is 32.7 Å². The van der Waals surface area contributed by atoms with Crippen molar-refractivity contribution >= 4 is 5.97 Å². The van der Waals surface area contributed by atoms with Crippen LogP contribution in [-0.4, -0.2) is 56.5 Å². The zero-order valence-electron chi connectivity index (χ0n) is 19.1. The van der Waals surface area contributed by atoms with Crippen LogP contribution in [0.3, 0.4) is 0 Å². The zero-order chi connectivity index (χ0) is 21.2. The van der Waals surface area contributed by atoms with Crippen LogP contribution in [0.25, 0.3) is 0 Å². The molecule has 168 valence electrons. The maximum atomic E-state index is 13.0. The van der Waals surface area contributed by atoms with E-state index in [0.717, 1.165) is 32.6 Å². The molecule has 0 bridgehead atoms. The third-order valence-corrected chi connectivity index (χ3v) is 9.66. The molecular formula is C26H38N2O3+2. The predicted molar refractivity (Wildman–Crippen MR) is 117 cm³/mol.